The van der Waals surface area contributed by atoms with E-state index < -0.39 is 6.10 Å². The second-order valence-electron chi connectivity index (χ2n) is 4.38. The number of nitrogens with zero attached hydrogens (tertiary/aromatic N) is 4. The zero-order valence-electron chi connectivity index (χ0n) is 11.7. The van der Waals surface area contributed by atoms with Crippen LogP contribution in [0.5, 0.6) is 5.88 Å². The van der Waals surface area contributed by atoms with E-state index in [0.717, 1.165) is 11.4 Å². The molecular weight excluding hydrogens is 280 g/mol. The summed E-state index contributed by atoms with van der Waals surface area (Å²) in [4.78, 5) is 0. The quantitative estimate of drug-likeness (QED) is 0.913. The second-order valence-corrected chi connectivity index (χ2v) is 4.76. The first-order valence-electron chi connectivity index (χ1n) is 6.34. The SMILES string of the molecule is CCn1nc(C)c(Cl)c1CC(O)c1ccc(OC)nn1. The smallest absolute Gasteiger partial charge is 0.233 e. The number of aromatic nitrogens is 4. The van der Waals surface area contributed by atoms with E-state index in [9.17, 15) is 5.11 Å². The fraction of sp³-hybridized carbons (Fsp3) is 0.462. The average molecular weight is 297 g/mol. The van der Waals surface area contributed by atoms with Gasteiger partial charge in [-0.3, -0.25) is 4.68 Å². The average Bonchev–Trinajstić information content (AvgIpc) is 2.75. The van der Waals surface area contributed by atoms with Gasteiger partial charge in [-0.2, -0.15) is 5.10 Å². The molecule has 0 amide bonds. The molecule has 0 saturated carbocycles. The minimum Gasteiger partial charge on any atom is -0.480 e. The van der Waals surface area contributed by atoms with Gasteiger partial charge in [-0.05, 0) is 19.9 Å². The van der Waals surface area contributed by atoms with Gasteiger partial charge in [0.15, 0.2) is 0 Å². The van der Waals surface area contributed by atoms with Crippen molar-refractivity contribution < 1.29 is 9.84 Å². The lowest BCUT2D eigenvalue weighted by Crippen LogP contribution is -2.10. The standard InChI is InChI=1S/C13H17ClN4O2/c1-4-18-10(13(14)8(2)17-18)7-11(19)9-5-6-12(20-3)16-15-9/h5-6,11,19H,4,7H2,1-3H3. The van der Waals surface area contributed by atoms with Gasteiger partial charge < -0.3 is 9.84 Å². The van der Waals surface area contributed by atoms with Crippen LogP contribution in [0.1, 0.15) is 30.1 Å². The van der Waals surface area contributed by atoms with Crippen molar-refractivity contribution in [1.29, 1.82) is 0 Å². The summed E-state index contributed by atoms with van der Waals surface area (Å²) in [6.07, 6.45) is -0.443. The molecule has 0 saturated heterocycles. The molecule has 0 bridgehead atoms. The van der Waals surface area contributed by atoms with Crippen LogP contribution in [0.25, 0.3) is 0 Å². The van der Waals surface area contributed by atoms with E-state index >= 15 is 0 Å². The van der Waals surface area contributed by atoms with Crippen molar-refractivity contribution in [3.05, 3.63) is 34.2 Å². The summed E-state index contributed by atoms with van der Waals surface area (Å²) in [5, 5.41) is 22.9. The van der Waals surface area contributed by atoms with E-state index in [4.69, 9.17) is 16.3 Å². The molecule has 6 nitrogen and oxygen atoms in total. The molecule has 0 aromatic carbocycles. The third-order valence-corrected chi connectivity index (χ3v) is 3.54. The van der Waals surface area contributed by atoms with Gasteiger partial charge >= 0.3 is 0 Å². The predicted molar refractivity (Wildman–Crippen MR) is 74.9 cm³/mol. The van der Waals surface area contributed by atoms with Gasteiger partial charge in [0, 0.05) is 19.0 Å². The van der Waals surface area contributed by atoms with E-state index in [1.807, 2.05) is 13.8 Å². The van der Waals surface area contributed by atoms with Crippen LogP contribution in [0.15, 0.2) is 12.1 Å². The molecule has 7 heteroatoms. The highest BCUT2D eigenvalue weighted by Gasteiger charge is 2.18. The predicted octanol–water partition coefficient (Wildman–Crippen LogP) is 1.94. The van der Waals surface area contributed by atoms with Gasteiger partial charge in [0.1, 0.15) is 6.10 Å². The van der Waals surface area contributed by atoms with Gasteiger partial charge in [0.05, 0.1) is 29.2 Å². The Morgan fingerprint density at radius 1 is 1.40 bits per heavy atom. The highest BCUT2D eigenvalue weighted by molar-refractivity contribution is 6.31. The molecule has 0 aliphatic carbocycles. The Hall–Kier alpha value is -1.66. The highest BCUT2D eigenvalue weighted by atomic mass is 35.5. The Balaban J connectivity index is 2.20. The van der Waals surface area contributed by atoms with E-state index in [1.54, 1.807) is 16.8 Å². The van der Waals surface area contributed by atoms with Gasteiger partial charge in [0.25, 0.3) is 0 Å². The molecule has 0 fully saturated rings. The molecule has 2 aromatic heterocycles. The van der Waals surface area contributed by atoms with Crippen LogP contribution in [0.4, 0.5) is 0 Å². The van der Waals surface area contributed by atoms with Crippen LogP contribution in [0, 0.1) is 6.92 Å². The van der Waals surface area contributed by atoms with Crippen LogP contribution < -0.4 is 4.74 Å². The number of rotatable bonds is 5. The Morgan fingerprint density at radius 2 is 2.15 bits per heavy atom. The summed E-state index contributed by atoms with van der Waals surface area (Å²) in [6, 6.07) is 3.35. The Bertz CT molecular complexity index is 583. The van der Waals surface area contributed by atoms with Crippen molar-refractivity contribution in [3.63, 3.8) is 0 Å². The van der Waals surface area contributed by atoms with Crippen molar-refractivity contribution >= 4 is 11.6 Å². The zero-order chi connectivity index (χ0) is 14.7. The normalized spacial score (nSPS) is 12.4. The molecule has 0 spiro atoms. The maximum Gasteiger partial charge on any atom is 0.233 e. The number of ether oxygens (including phenoxy) is 1. The molecule has 1 unspecified atom stereocenters. The maximum absolute atomic E-state index is 10.2. The molecule has 1 N–H and O–H groups in total. The van der Waals surface area contributed by atoms with Crippen LogP contribution in [-0.4, -0.2) is 32.2 Å². The van der Waals surface area contributed by atoms with Gasteiger partial charge in [-0.25, -0.2) is 0 Å². The third-order valence-electron chi connectivity index (χ3n) is 3.05. The number of methoxy groups -OCH3 is 1. The first-order chi connectivity index (χ1) is 9.56. The van der Waals surface area contributed by atoms with Gasteiger partial charge in [0.2, 0.25) is 5.88 Å². The molecule has 20 heavy (non-hydrogen) atoms. The van der Waals surface area contributed by atoms with Gasteiger partial charge in [-0.1, -0.05) is 11.6 Å². The summed E-state index contributed by atoms with van der Waals surface area (Å²) in [6.45, 7) is 4.52. The molecule has 1 atom stereocenters. The van der Waals surface area contributed by atoms with Crippen LogP contribution in [-0.2, 0) is 13.0 Å². The number of hydrogen-bond donors (Lipinski definition) is 1. The van der Waals surface area contributed by atoms with E-state index in [0.29, 0.717) is 29.6 Å². The molecule has 2 rings (SSSR count). The van der Waals surface area contributed by atoms with E-state index in [2.05, 4.69) is 15.3 Å². The molecule has 0 radical (unpaired) electrons. The molecule has 108 valence electrons. The number of aryl methyl sites for hydroxylation is 2. The van der Waals surface area contributed by atoms with Gasteiger partial charge in [-0.15, -0.1) is 10.2 Å². The third kappa shape index (κ3) is 2.91. The van der Waals surface area contributed by atoms with Crippen LogP contribution in [0.2, 0.25) is 5.02 Å². The lowest BCUT2D eigenvalue weighted by Gasteiger charge is -2.11. The Morgan fingerprint density at radius 3 is 2.70 bits per heavy atom. The lowest BCUT2D eigenvalue weighted by molar-refractivity contribution is 0.169. The van der Waals surface area contributed by atoms with E-state index in [-0.39, 0.29) is 0 Å². The minimum atomic E-state index is -0.785. The number of halogens is 1. The first kappa shape index (κ1) is 14.7. The topological polar surface area (TPSA) is 73.1 Å². The molecule has 2 heterocycles. The number of aliphatic hydroxyl groups is 1. The van der Waals surface area contributed by atoms with Crippen molar-refractivity contribution in [2.24, 2.45) is 0 Å². The molecule has 2 aromatic rings. The van der Waals surface area contributed by atoms with Crippen LogP contribution >= 0.6 is 11.6 Å². The Kier molecular flexibility index (Phi) is 4.57. The molecule has 0 aliphatic heterocycles. The largest absolute Gasteiger partial charge is 0.480 e. The van der Waals surface area contributed by atoms with Crippen molar-refractivity contribution in [3.8, 4) is 5.88 Å². The molecule has 0 aliphatic rings. The molecular formula is C13H17ClN4O2. The van der Waals surface area contributed by atoms with Crippen LogP contribution in [0.3, 0.4) is 0 Å². The number of hydrogen-bond acceptors (Lipinski definition) is 5. The fourth-order valence-corrected chi connectivity index (χ4v) is 2.18. The summed E-state index contributed by atoms with van der Waals surface area (Å²) in [5.41, 5.74) is 2.04. The van der Waals surface area contributed by atoms with Crippen molar-refractivity contribution in [2.45, 2.75) is 32.9 Å². The minimum absolute atomic E-state index is 0.342. The lowest BCUT2D eigenvalue weighted by atomic mass is 10.1. The first-order valence-corrected chi connectivity index (χ1v) is 6.72. The second kappa shape index (κ2) is 6.19. The summed E-state index contributed by atoms with van der Waals surface area (Å²) in [5.74, 6) is 0.411. The summed E-state index contributed by atoms with van der Waals surface area (Å²) < 4.78 is 6.73. The number of aliphatic hydroxyl groups excluding tert-OH is 1. The maximum atomic E-state index is 10.2. The monoisotopic (exact) mass is 296 g/mol. The van der Waals surface area contributed by atoms with Crippen molar-refractivity contribution in [2.75, 3.05) is 7.11 Å². The summed E-state index contributed by atoms with van der Waals surface area (Å²) in [7, 11) is 1.52. The zero-order valence-corrected chi connectivity index (χ0v) is 12.4. The fourth-order valence-electron chi connectivity index (χ4n) is 1.97. The van der Waals surface area contributed by atoms with E-state index in [1.165, 1.54) is 7.11 Å². The Labute approximate surface area is 122 Å². The van der Waals surface area contributed by atoms with Crippen molar-refractivity contribution in [1.82, 2.24) is 20.0 Å². The highest BCUT2D eigenvalue weighted by Crippen LogP contribution is 2.25. The summed E-state index contributed by atoms with van der Waals surface area (Å²) >= 11 is 6.22.